The normalized spacial score (nSPS) is 11.3. The standard InChI is InChI=1S/C17H21N3S/c1-2-6-17-19-15-8-3-4-9-16(15)20(17)11-10-18-13-14-7-5-12-21-14/h3-5,7-9,12,18H,2,6,10-11,13H2,1H3. The number of hydrogen-bond donors (Lipinski definition) is 1. The number of imidazole rings is 1. The molecule has 0 amide bonds. The molecule has 1 N–H and O–H groups in total. The Bertz CT molecular complexity index is 685. The number of hydrogen-bond acceptors (Lipinski definition) is 3. The van der Waals surface area contributed by atoms with Crippen LogP contribution in [0.4, 0.5) is 0 Å². The first-order valence-corrected chi connectivity index (χ1v) is 8.43. The molecule has 0 radical (unpaired) electrons. The molecule has 3 rings (SSSR count). The van der Waals surface area contributed by atoms with Crippen LogP contribution < -0.4 is 5.32 Å². The Morgan fingerprint density at radius 3 is 2.90 bits per heavy atom. The minimum atomic E-state index is 0.952. The molecule has 1 aromatic carbocycles. The van der Waals surface area contributed by atoms with Crippen LogP contribution in [0.5, 0.6) is 0 Å². The second kappa shape index (κ2) is 6.87. The van der Waals surface area contributed by atoms with E-state index < -0.39 is 0 Å². The molecule has 0 spiro atoms. The first-order valence-electron chi connectivity index (χ1n) is 7.55. The van der Waals surface area contributed by atoms with E-state index in [9.17, 15) is 0 Å². The van der Waals surface area contributed by atoms with Crippen molar-refractivity contribution in [1.29, 1.82) is 0 Å². The smallest absolute Gasteiger partial charge is 0.109 e. The maximum atomic E-state index is 4.77. The summed E-state index contributed by atoms with van der Waals surface area (Å²) >= 11 is 1.80. The Morgan fingerprint density at radius 1 is 1.19 bits per heavy atom. The van der Waals surface area contributed by atoms with Gasteiger partial charge in [-0.3, -0.25) is 0 Å². The van der Waals surface area contributed by atoms with Gasteiger partial charge in [-0.2, -0.15) is 0 Å². The summed E-state index contributed by atoms with van der Waals surface area (Å²) in [6.45, 7) is 5.10. The molecule has 3 nitrogen and oxygen atoms in total. The van der Waals surface area contributed by atoms with Crippen LogP contribution >= 0.6 is 11.3 Å². The fourth-order valence-electron chi connectivity index (χ4n) is 2.60. The van der Waals surface area contributed by atoms with E-state index in [4.69, 9.17) is 4.98 Å². The van der Waals surface area contributed by atoms with Crippen molar-refractivity contribution in [1.82, 2.24) is 14.9 Å². The van der Waals surface area contributed by atoms with E-state index in [0.717, 1.165) is 38.0 Å². The van der Waals surface area contributed by atoms with Gasteiger partial charge in [0.15, 0.2) is 0 Å². The van der Waals surface area contributed by atoms with Crippen LogP contribution in [0.25, 0.3) is 11.0 Å². The third kappa shape index (κ3) is 3.34. The third-order valence-electron chi connectivity index (χ3n) is 3.60. The summed E-state index contributed by atoms with van der Waals surface area (Å²) in [7, 11) is 0. The van der Waals surface area contributed by atoms with Crippen LogP contribution in [-0.4, -0.2) is 16.1 Å². The molecule has 0 unspecified atom stereocenters. The van der Waals surface area contributed by atoms with Crippen molar-refractivity contribution in [2.24, 2.45) is 0 Å². The fraction of sp³-hybridized carbons (Fsp3) is 0.353. The van der Waals surface area contributed by atoms with Gasteiger partial charge in [0.2, 0.25) is 0 Å². The zero-order chi connectivity index (χ0) is 14.5. The highest BCUT2D eigenvalue weighted by molar-refractivity contribution is 7.09. The number of thiophene rings is 1. The first kappa shape index (κ1) is 14.3. The molecule has 0 saturated carbocycles. The van der Waals surface area contributed by atoms with Gasteiger partial charge in [-0.25, -0.2) is 4.98 Å². The highest BCUT2D eigenvalue weighted by Gasteiger charge is 2.08. The number of rotatable bonds is 7. The molecule has 0 aliphatic rings. The summed E-state index contributed by atoms with van der Waals surface area (Å²) < 4.78 is 2.36. The molecule has 2 aromatic heterocycles. The summed E-state index contributed by atoms with van der Waals surface area (Å²) in [5.41, 5.74) is 2.36. The van der Waals surface area contributed by atoms with Crippen LogP contribution in [0.2, 0.25) is 0 Å². The van der Waals surface area contributed by atoms with Gasteiger partial charge in [0.25, 0.3) is 0 Å². The zero-order valence-corrected chi connectivity index (χ0v) is 13.2. The minimum absolute atomic E-state index is 0.952. The lowest BCUT2D eigenvalue weighted by Crippen LogP contribution is -2.20. The Hall–Kier alpha value is -1.65. The van der Waals surface area contributed by atoms with Crippen molar-refractivity contribution < 1.29 is 0 Å². The Labute approximate surface area is 129 Å². The van der Waals surface area contributed by atoms with E-state index in [1.54, 1.807) is 11.3 Å². The largest absolute Gasteiger partial charge is 0.327 e. The fourth-order valence-corrected chi connectivity index (χ4v) is 3.28. The summed E-state index contributed by atoms with van der Waals surface area (Å²) in [6.07, 6.45) is 2.17. The average Bonchev–Trinajstić information content (AvgIpc) is 3.12. The van der Waals surface area contributed by atoms with E-state index in [0.29, 0.717) is 0 Å². The number of nitrogens with zero attached hydrogens (tertiary/aromatic N) is 2. The average molecular weight is 299 g/mol. The van der Waals surface area contributed by atoms with Crippen molar-refractivity contribution >= 4 is 22.4 Å². The Morgan fingerprint density at radius 2 is 2.10 bits per heavy atom. The first-order chi connectivity index (χ1) is 10.4. The van der Waals surface area contributed by atoms with Gasteiger partial charge in [-0.1, -0.05) is 25.1 Å². The van der Waals surface area contributed by atoms with Gasteiger partial charge in [-0.15, -0.1) is 11.3 Å². The van der Waals surface area contributed by atoms with Crippen molar-refractivity contribution in [3.05, 3.63) is 52.5 Å². The molecule has 0 saturated heterocycles. The molecule has 4 heteroatoms. The summed E-state index contributed by atoms with van der Waals surface area (Å²) in [5.74, 6) is 1.21. The molecule has 0 atom stereocenters. The summed E-state index contributed by atoms with van der Waals surface area (Å²) in [6, 6.07) is 12.7. The SMILES string of the molecule is CCCc1nc2ccccc2n1CCNCc1cccs1. The van der Waals surface area contributed by atoms with Crippen LogP contribution in [-0.2, 0) is 19.5 Å². The van der Waals surface area contributed by atoms with Gasteiger partial charge in [0, 0.05) is 30.9 Å². The highest BCUT2D eigenvalue weighted by Crippen LogP contribution is 2.17. The van der Waals surface area contributed by atoms with Crippen LogP contribution in [0, 0.1) is 0 Å². The van der Waals surface area contributed by atoms with Gasteiger partial charge in [-0.05, 0) is 30.0 Å². The number of fused-ring (bicyclic) bond motifs is 1. The van der Waals surface area contributed by atoms with Crippen molar-refractivity contribution in [3.8, 4) is 0 Å². The van der Waals surface area contributed by atoms with E-state index >= 15 is 0 Å². The second-order valence-corrected chi connectivity index (χ2v) is 6.21. The molecule has 0 bridgehead atoms. The van der Waals surface area contributed by atoms with Gasteiger partial charge < -0.3 is 9.88 Å². The van der Waals surface area contributed by atoms with Crippen molar-refractivity contribution in [2.75, 3.05) is 6.54 Å². The predicted molar refractivity (Wildman–Crippen MR) is 89.8 cm³/mol. The highest BCUT2D eigenvalue weighted by atomic mass is 32.1. The van der Waals surface area contributed by atoms with Gasteiger partial charge in [0.05, 0.1) is 11.0 Å². The van der Waals surface area contributed by atoms with Crippen LogP contribution in [0.3, 0.4) is 0 Å². The molecule has 110 valence electrons. The molecule has 2 heterocycles. The van der Waals surface area contributed by atoms with Crippen molar-refractivity contribution in [3.63, 3.8) is 0 Å². The molecule has 0 aliphatic carbocycles. The topological polar surface area (TPSA) is 29.9 Å². The molecule has 21 heavy (non-hydrogen) atoms. The number of aryl methyl sites for hydroxylation is 1. The number of para-hydroxylation sites is 2. The van der Waals surface area contributed by atoms with Crippen LogP contribution in [0.1, 0.15) is 24.0 Å². The zero-order valence-electron chi connectivity index (χ0n) is 12.4. The molecule has 3 aromatic rings. The monoisotopic (exact) mass is 299 g/mol. The van der Waals surface area contributed by atoms with Crippen molar-refractivity contribution in [2.45, 2.75) is 32.9 Å². The summed E-state index contributed by atoms with van der Waals surface area (Å²) in [5, 5.41) is 5.65. The number of nitrogens with one attached hydrogen (secondary N) is 1. The van der Waals surface area contributed by atoms with E-state index in [2.05, 4.69) is 58.6 Å². The third-order valence-corrected chi connectivity index (χ3v) is 4.48. The van der Waals surface area contributed by atoms with E-state index in [-0.39, 0.29) is 0 Å². The van der Waals surface area contributed by atoms with Crippen LogP contribution in [0.15, 0.2) is 41.8 Å². The van der Waals surface area contributed by atoms with Gasteiger partial charge in [0.1, 0.15) is 5.82 Å². The lowest BCUT2D eigenvalue weighted by Gasteiger charge is -2.09. The van der Waals surface area contributed by atoms with Gasteiger partial charge >= 0.3 is 0 Å². The molecule has 0 aliphatic heterocycles. The maximum absolute atomic E-state index is 4.77. The maximum Gasteiger partial charge on any atom is 0.109 e. The Balaban J connectivity index is 1.68. The molecular formula is C17H21N3S. The Kier molecular flexibility index (Phi) is 4.68. The quantitative estimate of drug-likeness (QED) is 0.672. The number of aromatic nitrogens is 2. The predicted octanol–water partition coefficient (Wildman–Crippen LogP) is 3.84. The second-order valence-electron chi connectivity index (χ2n) is 5.17. The summed E-state index contributed by atoms with van der Waals surface area (Å²) in [4.78, 5) is 6.16. The van der Waals surface area contributed by atoms with E-state index in [1.165, 1.54) is 16.2 Å². The van der Waals surface area contributed by atoms with E-state index in [1.807, 2.05) is 0 Å². The molecular weight excluding hydrogens is 278 g/mol. The minimum Gasteiger partial charge on any atom is -0.327 e. The lowest BCUT2D eigenvalue weighted by molar-refractivity contribution is 0.588. The molecule has 0 fully saturated rings. The lowest BCUT2D eigenvalue weighted by atomic mass is 10.3. The number of benzene rings is 1.